The van der Waals surface area contributed by atoms with Crippen LogP contribution in [0, 0.1) is 0 Å². The number of fused-ring (bicyclic) bond motifs is 2. The van der Waals surface area contributed by atoms with Crippen LogP contribution in [0.1, 0.15) is 36.9 Å². The van der Waals surface area contributed by atoms with Crippen LogP contribution in [-0.4, -0.2) is 60.2 Å². The average molecular weight is 462 g/mol. The molecule has 5 rings (SSSR count). The van der Waals surface area contributed by atoms with E-state index in [0.29, 0.717) is 36.0 Å². The third-order valence-corrected chi connectivity index (χ3v) is 6.69. The van der Waals surface area contributed by atoms with Crippen molar-refractivity contribution in [2.24, 2.45) is 0 Å². The van der Waals surface area contributed by atoms with Crippen LogP contribution in [0.3, 0.4) is 0 Å². The van der Waals surface area contributed by atoms with Gasteiger partial charge in [0.15, 0.2) is 18.2 Å². The van der Waals surface area contributed by atoms with Gasteiger partial charge >= 0.3 is 0 Å². The quantitative estimate of drug-likeness (QED) is 0.558. The molecular weight excluding hydrogens is 430 g/mol. The highest BCUT2D eigenvalue weighted by molar-refractivity contribution is 5.94. The first kappa shape index (κ1) is 22.6. The van der Waals surface area contributed by atoms with Gasteiger partial charge in [-0.1, -0.05) is 25.1 Å². The molecule has 178 valence electrons. The van der Waals surface area contributed by atoms with Crippen molar-refractivity contribution in [1.29, 1.82) is 0 Å². The second-order valence-corrected chi connectivity index (χ2v) is 9.12. The van der Waals surface area contributed by atoms with Gasteiger partial charge in [0.25, 0.3) is 5.91 Å². The molecule has 1 atom stereocenters. The summed E-state index contributed by atoms with van der Waals surface area (Å²) >= 11 is 0. The molecule has 1 saturated heterocycles. The molecular formula is C26H31N5O3. The third-order valence-electron chi connectivity index (χ3n) is 6.69. The molecule has 1 amide bonds. The summed E-state index contributed by atoms with van der Waals surface area (Å²) in [6.07, 6.45) is 2.19. The van der Waals surface area contributed by atoms with Gasteiger partial charge < -0.3 is 25.0 Å². The smallest absolute Gasteiger partial charge is 0.263 e. The maximum atomic E-state index is 11.5. The van der Waals surface area contributed by atoms with Crippen LogP contribution >= 0.6 is 0 Å². The number of nitrogens with zero attached hydrogens (tertiary/aromatic N) is 3. The summed E-state index contributed by atoms with van der Waals surface area (Å²) in [5, 5.41) is 7.55. The summed E-state index contributed by atoms with van der Waals surface area (Å²) in [7, 11) is 1.66. The van der Waals surface area contributed by atoms with Gasteiger partial charge in [-0.15, -0.1) is 0 Å². The molecule has 0 aliphatic carbocycles. The molecule has 1 unspecified atom stereocenters. The number of likely N-dealkylation sites (tertiary alicyclic amines) is 1. The fraction of sp³-hybridized carbons (Fsp3) is 0.423. The molecule has 34 heavy (non-hydrogen) atoms. The number of pyridine rings is 2. The van der Waals surface area contributed by atoms with Gasteiger partial charge in [0, 0.05) is 30.6 Å². The number of anilines is 1. The lowest BCUT2D eigenvalue weighted by Gasteiger charge is -2.34. The lowest BCUT2D eigenvalue weighted by molar-refractivity contribution is -0.118. The number of rotatable bonds is 7. The molecule has 2 aliphatic heterocycles. The summed E-state index contributed by atoms with van der Waals surface area (Å²) in [5.41, 5.74) is 3.20. The minimum Gasteiger partial charge on any atom is -0.481 e. The second-order valence-electron chi connectivity index (χ2n) is 9.12. The van der Waals surface area contributed by atoms with Crippen LogP contribution in [0.2, 0.25) is 0 Å². The first-order chi connectivity index (χ1) is 16.6. The van der Waals surface area contributed by atoms with Crippen molar-refractivity contribution in [3.8, 4) is 11.6 Å². The fourth-order valence-corrected chi connectivity index (χ4v) is 4.82. The monoisotopic (exact) mass is 461 g/mol. The van der Waals surface area contributed by atoms with E-state index in [0.717, 1.165) is 49.1 Å². The van der Waals surface area contributed by atoms with Crippen LogP contribution in [-0.2, 0) is 11.3 Å². The van der Waals surface area contributed by atoms with E-state index in [1.165, 1.54) is 5.56 Å². The highest BCUT2D eigenvalue weighted by atomic mass is 16.5. The van der Waals surface area contributed by atoms with Gasteiger partial charge in [-0.2, -0.15) is 0 Å². The fourth-order valence-electron chi connectivity index (χ4n) is 4.82. The van der Waals surface area contributed by atoms with Crippen LogP contribution in [0.25, 0.3) is 10.9 Å². The van der Waals surface area contributed by atoms with Crippen molar-refractivity contribution in [3.63, 3.8) is 0 Å². The largest absolute Gasteiger partial charge is 0.481 e. The summed E-state index contributed by atoms with van der Waals surface area (Å²) in [4.78, 5) is 23.3. The van der Waals surface area contributed by atoms with E-state index >= 15 is 0 Å². The molecule has 0 radical (unpaired) electrons. The Morgan fingerprint density at radius 2 is 2.03 bits per heavy atom. The van der Waals surface area contributed by atoms with Crippen molar-refractivity contribution in [1.82, 2.24) is 20.2 Å². The number of amides is 1. The van der Waals surface area contributed by atoms with Gasteiger partial charge in [0.05, 0.1) is 18.3 Å². The lowest BCUT2D eigenvalue weighted by atomic mass is 9.96. The van der Waals surface area contributed by atoms with E-state index in [4.69, 9.17) is 14.5 Å². The number of aromatic nitrogens is 2. The standard InChI is InChI=1S/C26H31N5O3/c1-17(21-5-3-4-18-6-9-24(33-2)30-25(18)21)15-31-12-10-19(11-13-31)27-14-20-7-8-22-26(28-20)29-23(32)16-34-22/h3-9,17,19,27H,10-16H2,1-2H3,(H,28,29,32). The molecule has 8 nitrogen and oxygen atoms in total. The Hall–Kier alpha value is -3.23. The Morgan fingerprint density at radius 1 is 1.18 bits per heavy atom. The van der Waals surface area contributed by atoms with Crippen molar-refractivity contribution >= 4 is 22.6 Å². The highest BCUT2D eigenvalue weighted by Gasteiger charge is 2.22. The molecule has 0 saturated carbocycles. The highest BCUT2D eigenvalue weighted by Crippen LogP contribution is 2.28. The predicted octanol–water partition coefficient (Wildman–Crippen LogP) is 3.33. The molecule has 0 spiro atoms. The van der Waals surface area contributed by atoms with Crippen molar-refractivity contribution < 1.29 is 14.3 Å². The number of nitrogens with one attached hydrogen (secondary N) is 2. The lowest BCUT2D eigenvalue weighted by Crippen LogP contribution is -2.43. The van der Waals surface area contributed by atoms with E-state index in [-0.39, 0.29) is 12.5 Å². The number of methoxy groups -OCH3 is 1. The Bertz CT molecular complexity index is 1180. The normalized spacial score (nSPS) is 17.6. The summed E-state index contributed by atoms with van der Waals surface area (Å²) in [6, 6.07) is 14.7. The Kier molecular flexibility index (Phi) is 6.60. The third kappa shape index (κ3) is 4.98. The number of benzene rings is 1. The maximum absolute atomic E-state index is 11.5. The van der Waals surface area contributed by atoms with Gasteiger partial charge in [-0.25, -0.2) is 9.97 Å². The number of carbonyl (C=O) groups is 1. The van der Waals surface area contributed by atoms with Crippen molar-refractivity contribution in [3.05, 3.63) is 53.7 Å². The van der Waals surface area contributed by atoms with Crippen LogP contribution in [0.5, 0.6) is 11.6 Å². The first-order valence-corrected chi connectivity index (χ1v) is 11.9. The Balaban J connectivity index is 1.14. The Labute approximate surface area is 199 Å². The molecule has 8 heteroatoms. The minimum atomic E-state index is -0.162. The van der Waals surface area contributed by atoms with Gasteiger partial charge in [0.1, 0.15) is 0 Å². The number of hydrogen-bond donors (Lipinski definition) is 2. The number of ether oxygens (including phenoxy) is 2. The second kappa shape index (κ2) is 9.95. The zero-order valence-corrected chi connectivity index (χ0v) is 19.7. The number of para-hydroxylation sites is 1. The molecule has 4 heterocycles. The summed E-state index contributed by atoms with van der Waals surface area (Å²) < 4.78 is 10.7. The van der Waals surface area contributed by atoms with E-state index in [1.54, 1.807) is 7.11 Å². The van der Waals surface area contributed by atoms with Gasteiger partial charge in [-0.3, -0.25) is 4.79 Å². The van der Waals surface area contributed by atoms with E-state index < -0.39 is 0 Å². The van der Waals surface area contributed by atoms with Crippen LogP contribution in [0.4, 0.5) is 5.82 Å². The molecule has 2 N–H and O–H groups in total. The average Bonchev–Trinajstić information content (AvgIpc) is 2.87. The molecule has 3 aromatic rings. The van der Waals surface area contributed by atoms with Crippen LogP contribution < -0.4 is 20.1 Å². The molecule has 1 aromatic carbocycles. The SMILES string of the molecule is COc1ccc2cccc(C(C)CN3CCC(NCc4ccc5c(n4)NC(=O)CO5)CC3)c2n1. The van der Waals surface area contributed by atoms with Gasteiger partial charge in [-0.05, 0) is 55.6 Å². The number of piperidine rings is 1. The zero-order chi connectivity index (χ0) is 23.5. The van der Waals surface area contributed by atoms with Crippen molar-refractivity contribution in [2.75, 3.05) is 38.7 Å². The number of carbonyl (C=O) groups excluding carboxylic acids is 1. The Morgan fingerprint density at radius 3 is 2.85 bits per heavy atom. The first-order valence-electron chi connectivity index (χ1n) is 11.9. The molecule has 1 fully saturated rings. The zero-order valence-electron chi connectivity index (χ0n) is 19.7. The van der Waals surface area contributed by atoms with Crippen LogP contribution in [0.15, 0.2) is 42.5 Å². The van der Waals surface area contributed by atoms with Gasteiger partial charge in [0.2, 0.25) is 5.88 Å². The number of hydrogen-bond acceptors (Lipinski definition) is 7. The topological polar surface area (TPSA) is 88.6 Å². The molecule has 2 aliphatic rings. The summed E-state index contributed by atoms with van der Waals surface area (Å²) in [6.45, 7) is 6.14. The molecule has 2 aromatic heterocycles. The minimum absolute atomic E-state index is 0.0503. The van der Waals surface area contributed by atoms with Crippen molar-refractivity contribution in [2.45, 2.75) is 38.3 Å². The van der Waals surface area contributed by atoms with E-state index in [1.807, 2.05) is 18.2 Å². The molecule has 0 bridgehead atoms. The summed E-state index contributed by atoms with van der Waals surface area (Å²) in [5.74, 6) is 2.02. The van der Waals surface area contributed by atoms with E-state index in [9.17, 15) is 4.79 Å². The van der Waals surface area contributed by atoms with E-state index in [2.05, 4.69) is 51.7 Å². The maximum Gasteiger partial charge on any atom is 0.263 e. The predicted molar refractivity (Wildman–Crippen MR) is 131 cm³/mol.